The van der Waals surface area contributed by atoms with Crippen LogP contribution in [-0.4, -0.2) is 28.8 Å². The smallest absolute Gasteiger partial charge is 0.338 e. The highest BCUT2D eigenvalue weighted by atomic mass is 16.5. The summed E-state index contributed by atoms with van der Waals surface area (Å²) in [5, 5.41) is 4.15. The largest absolute Gasteiger partial charge is 0.465 e. The van der Waals surface area contributed by atoms with E-state index in [2.05, 4.69) is 9.84 Å². The van der Waals surface area contributed by atoms with Gasteiger partial charge < -0.3 is 9.47 Å². The number of carbonyl (C=O) groups is 2. The Hall–Kier alpha value is -3.41. The van der Waals surface area contributed by atoms with Gasteiger partial charge in [-0.15, -0.1) is 0 Å². The van der Waals surface area contributed by atoms with Gasteiger partial charge in [-0.05, 0) is 48.0 Å². The fourth-order valence-corrected chi connectivity index (χ4v) is 2.26. The van der Waals surface area contributed by atoms with Crippen molar-refractivity contribution in [2.75, 3.05) is 7.11 Å². The molecule has 0 atom stereocenters. The van der Waals surface area contributed by atoms with E-state index in [-0.39, 0.29) is 6.61 Å². The molecule has 25 heavy (non-hydrogen) atoms. The predicted molar refractivity (Wildman–Crippen MR) is 90.5 cm³/mol. The minimum absolute atomic E-state index is 0.164. The van der Waals surface area contributed by atoms with Gasteiger partial charge in [0.15, 0.2) is 0 Å². The summed E-state index contributed by atoms with van der Waals surface area (Å²) in [6.07, 6.45) is 3.56. The lowest BCUT2D eigenvalue weighted by Crippen LogP contribution is -2.07. The number of hydrogen-bond donors (Lipinski definition) is 0. The van der Waals surface area contributed by atoms with Gasteiger partial charge in [0.2, 0.25) is 0 Å². The maximum atomic E-state index is 12.1. The van der Waals surface area contributed by atoms with Crippen molar-refractivity contribution in [2.24, 2.45) is 0 Å². The van der Waals surface area contributed by atoms with Gasteiger partial charge in [-0.25, -0.2) is 14.3 Å². The number of methoxy groups -OCH3 is 1. The van der Waals surface area contributed by atoms with Crippen LogP contribution in [0, 0.1) is 0 Å². The van der Waals surface area contributed by atoms with Crippen LogP contribution in [0.5, 0.6) is 0 Å². The lowest BCUT2D eigenvalue weighted by molar-refractivity contribution is 0.0471. The molecule has 1 aromatic heterocycles. The Kier molecular flexibility index (Phi) is 4.89. The highest BCUT2D eigenvalue weighted by molar-refractivity contribution is 5.93. The van der Waals surface area contributed by atoms with Crippen LogP contribution in [0.3, 0.4) is 0 Å². The molecule has 0 unspecified atom stereocenters. The van der Waals surface area contributed by atoms with Crippen LogP contribution in [0.15, 0.2) is 67.0 Å². The average Bonchev–Trinajstić information content (AvgIpc) is 3.21. The molecule has 3 rings (SSSR count). The molecule has 0 aliphatic carbocycles. The Morgan fingerprint density at radius 2 is 1.60 bits per heavy atom. The van der Waals surface area contributed by atoms with Crippen molar-refractivity contribution < 1.29 is 19.1 Å². The van der Waals surface area contributed by atoms with Crippen molar-refractivity contribution in [3.05, 3.63) is 83.7 Å². The maximum Gasteiger partial charge on any atom is 0.338 e. The van der Waals surface area contributed by atoms with Gasteiger partial charge in [-0.2, -0.15) is 5.10 Å². The monoisotopic (exact) mass is 336 g/mol. The summed E-state index contributed by atoms with van der Waals surface area (Å²) >= 11 is 0. The topological polar surface area (TPSA) is 70.4 Å². The van der Waals surface area contributed by atoms with E-state index in [1.54, 1.807) is 10.9 Å². The normalized spacial score (nSPS) is 10.3. The molecule has 0 amide bonds. The molecule has 0 saturated carbocycles. The van der Waals surface area contributed by atoms with E-state index >= 15 is 0 Å². The molecule has 126 valence electrons. The lowest BCUT2D eigenvalue weighted by Gasteiger charge is -2.07. The molecule has 6 heteroatoms. The Labute approximate surface area is 144 Å². The quantitative estimate of drug-likeness (QED) is 0.670. The molecule has 3 aromatic rings. The van der Waals surface area contributed by atoms with Crippen LogP contribution in [-0.2, 0) is 16.1 Å². The summed E-state index contributed by atoms with van der Waals surface area (Å²) in [7, 11) is 1.31. The minimum atomic E-state index is -0.451. The highest BCUT2D eigenvalue weighted by Gasteiger charge is 2.10. The number of hydrogen-bond acceptors (Lipinski definition) is 5. The zero-order valence-corrected chi connectivity index (χ0v) is 13.6. The predicted octanol–water partition coefficient (Wildman–Crippen LogP) is 3.02. The van der Waals surface area contributed by atoms with Crippen molar-refractivity contribution in [3.63, 3.8) is 0 Å². The van der Waals surface area contributed by atoms with Gasteiger partial charge in [0.05, 0.1) is 23.9 Å². The first-order chi connectivity index (χ1) is 12.2. The first kappa shape index (κ1) is 16.4. The SMILES string of the molecule is COC(=O)c1ccc(C(=O)OCc2ccc(-n3cccn3)cc2)cc1. The number of benzene rings is 2. The van der Waals surface area contributed by atoms with Crippen LogP contribution in [0.25, 0.3) is 5.69 Å². The Bertz CT molecular complexity index is 853. The van der Waals surface area contributed by atoms with Gasteiger partial charge >= 0.3 is 11.9 Å². The summed E-state index contributed by atoms with van der Waals surface area (Å²) in [6, 6.07) is 15.5. The van der Waals surface area contributed by atoms with Gasteiger partial charge in [0, 0.05) is 12.4 Å². The zero-order valence-electron chi connectivity index (χ0n) is 13.6. The molecular weight excluding hydrogens is 320 g/mol. The molecule has 0 spiro atoms. The molecule has 0 bridgehead atoms. The summed E-state index contributed by atoms with van der Waals surface area (Å²) in [5.41, 5.74) is 2.56. The summed E-state index contributed by atoms with van der Waals surface area (Å²) in [5.74, 6) is -0.898. The minimum Gasteiger partial charge on any atom is -0.465 e. The standard InChI is InChI=1S/C19H16N2O4/c1-24-18(22)15-5-7-16(8-6-15)19(23)25-13-14-3-9-17(10-4-14)21-12-2-11-20-21/h2-12H,13H2,1H3. The summed E-state index contributed by atoms with van der Waals surface area (Å²) in [4.78, 5) is 23.4. The molecule has 6 nitrogen and oxygen atoms in total. The molecule has 0 N–H and O–H groups in total. The Morgan fingerprint density at radius 3 is 2.16 bits per heavy atom. The molecule has 0 fully saturated rings. The van der Waals surface area contributed by atoms with E-state index in [0.717, 1.165) is 11.3 Å². The molecular formula is C19H16N2O4. The second kappa shape index (κ2) is 7.44. The lowest BCUT2D eigenvalue weighted by atomic mass is 10.1. The number of nitrogens with zero attached hydrogens (tertiary/aromatic N) is 2. The van der Waals surface area contributed by atoms with Crippen molar-refractivity contribution in [1.82, 2.24) is 9.78 Å². The third-order valence-corrected chi connectivity index (χ3v) is 3.62. The third kappa shape index (κ3) is 3.92. The fraction of sp³-hybridized carbons (Fsp3) is 0.105. The molecule has 0 aliphatic rings. The Morgan fingerprint density at radius 1 is 0.960 bits per heavy atom. The highest BCUT2D eigenvalue weighted by Crippen LogP contribution is 2.12. The molecule has 0 saturated heterocycles. The Balaban J connectivity index is 1.59. The molecule has 2 aromatic carbocycles. The summed E-state index contributed by atoms with van der Waals surface area (Å²) < 4.78 is 11.7. The number of aromatic nitrogens is 2. The maximum absolute atomic E-state index is 12.1. The number of esters is 2. The van der Waals surface area contributed by atoms with Crippen LogP contribution >= 0.6 is 0 Å². The van der Waals surface area contributed by atoms with Gasteiger partial charge in [-0.3, -0.25) is 0 Å². The fourth-order valence-electron chi connectivity index (χ4n) is 2.26. The molecule has 0 radical (unpaired) electrons. The van der Waals surface area contributed by atoms with Crippen LogP contribution in [0.2, 0.25) is 0 Å². The van der Waals surface area contributed by atoms with E-state index in [0.29, 0.717) is 11.1 Å². The first-order valence-corrected chi connectivity index (χ1v) is 7.62. The van der Waals surface area contributed by atoms with Gasteiger partial charge in [0.25, 0.3) is 0 Å². The van der Waals surface area contributed by atoms with Crippen molar-refractivity contribution in [1.29, 1.82) is 0 Å². The van der Waals surface area contributed by atoms with Crippen LogP contribution in [0.4, 0.5) is 0 Å². The zero-order chi connectivity index (χ0) is 17.6. The molecule has 1 heterocycles. The number of rotatable bonds is 5. The van der Waals surface area contributed by atoms with E-state index in [1.165, 1.54) is 31.4 Å². The second-order valence-electron chi connectivity index (χ2n) is 5.26. The number of carbonyl (C=O) groups excluding carboxylic acids is 2. The van der Waals surface area contributed by atoms with E-state index < -0.39 is 11.9 Å². The van der Waals surface area contributed by atoms with Crippen LogP contribution < -0.4 is 0 Å². The van der Waals surface area contributed by atoms with Crippen molar-refractivity contribution >= 4 is 11.9 Å². The van der Waals surface area contributed by atoms with E-state index in [9.17, 15) is 9.59 Å². The average molecular weight is 336 g/mol. The summed E-state index contributed by atoms with van der Waals surface area (Å²) in [6.45, 7) is 0.164. The first-order valence-electron chi connectivity index (χ1n) is 7.62. The van der Waals surface area contributed by atoms with E-state index in [4.69, 9.17) is 4.74 Å². The van der Waals surface area contributed by atoms with Gasteiger partial charge in [-0.1, -0.05) is 12.1 Å². The van der Waals surface area contributed by atoms with Crippen LogP contribution in [0.1, 0.15) is 26.3 Å². The molecule has 0 aliphatic heterocycles. The van der Waals surface area contributed by atoms with Crippen molar-refractivity contribution in [3.8, 4) is 5.69 Å². The second-order valence-corrected chi connectivity index (χ2v) is 5.26. The number of ether oxygens (including phenoxy) is 2. The van der Waals surface area contributed by atoms with Gasteiger partial charge in [0.1, 0.15) is 6.61 Å². The van der Waals surface area contributed by atoms with E-state index in [1.807, 2.05) is 36.5 Å². The van der Waals surface area contributed by atoms with Crippen molar-refractivity contribution in [2.45, 2.75) is 6.61 Å². The third-order valence-electron chi connectivity index (χ3n) is 3.62.